The minimum atomic E-state index is -4.70. The van der Waals surface area contributed by atoms with Gasteiger partial charge in [0.2, 0.25) is 0 Å². The lowest BCUT2D eigenvalue weighted by Gasteiger charge is -2.14. The molecule has 0 saturated carbocycles. The van der Waals surface area contributed by atoms with E-state index in [0.29, 0.717) is 6.42 Å². The van der Waals surface area contributed by atoms with E-state index in [-0.39, 0.29) is 11.0 Å². The number of carbonyl (C=O) groups is 1. The smallest absolute Gasteiger partial charge is 0.285 e. The SMILES string of the molecule is CCCn1ncc(Br)c1C(=O)C(F)(F)C(F)F. The third kappa shape index (κ3) is 2.67. The zero-order chi connectivity index (χ0) is 13.2. The number of halogens is 5. The monoisotopic (exact) mass is 316 g/mol. The second kappa shape index (κ2) is 5.16. The number of alkyl halides is 4. The fourth-order valence-electron chi connectivity index (χ4n) is 1.23. The first kappa shape index (κ1) is 14.1. The standard InChI is InChI=1S/C9H9BrF4N2O/c1-2-3-16-6(5(10)4-15-16)7(17)9(13,14)8(11)12/h4,8H,2-3H2,1H3. The van der Waals surface area contributed by atoms with Crippen LogP contribution in [0.5, 0.6) is 0 Å². The number of Topliss-reactive ketones (excluding diaryl/α,β-unsaturated/α-hetero) is 1. The Bertz CT molecular complexity index is 419. The summed E-state index contributed by atoms with van der Waals surface area (Å²) in [5, 5.41) is 3.67. The maximum Gasteiger partial charge on any atom is 0.370 e. The molecule has 0 aliphatic carbocycles. The van der Waals surface area contributed by atoms with Gasteiger partial charge in [-0.25, -0.2) is 8.78 Å². The molecule has 1 heterocycles. The summed E-state index contributed by atoms with van der Waals surface area (Å²) >= 11 is 2.85. The molecule has 3 nitrogen and oxygen atoms in total. The molecule has 0 radical (unpaired) electrons. The van der Waals surface area contributed by atoms with Gasteiger partial charge in [-0.15, -0.1) is 0 Å². The van der Waals surface area contributed by atoms with Crippen LogP contribution in [0.2, 0.25) is 0 Å². The topological polar surface area (TPSA) is 34.9 Å². The lowest BCUT2D eigenvalue weighted by atomic mass is 10.1. The van der Waals surface area contributed by atoms with Crippen molar-refractivity contribution in [3.05, 3.63) is 16.4 Å². The van der Waals surface area contributed by atoms with E-state index in [2.05, 4.69) is 21.0 Å². The highest BCUT2D eigenvalue weighted by Gasteiger charge is 2.50. The molecule has 8 heteroatoms. The van der Waals surface area contributed by atoms with Crippen molar-refractivity contribution in [2.24, 2.45) is 0 Å². The number of ketones is 1. The second-order valence-corrected chi connectivity index (χ2v) is 4.17. The predicted molar refractivity (Wildman–Crippen MR) is 55.5 cm³/mol. The zero-order valence-corrected chi connectivity index (χ0v) is 10.3. The lowest BCUT2D eigenvalue weighted by molar-refractivity contribution is -0.0963. The van der Waals surface area contributed by atoms with Crippen LogP contribution in [0.1, 0.15) is 23.8 Å². The van der Waals surface area contributed by atoms with E-state index in [9.17, 15) is 22.4 Å². The Kier molecular flexibility index (Phi) is 4.29. The van der Waals surface area contributed by atoms with Crippen molar-refractivity contribution in [1.29, 1.82) is 0 Å². The highest BCUT2D eigenvalue weighted by Crippen LogP contribution is 2.30. The summed E-state index contributed by atoms with van der Waals surface area (Å²) in [7, 11) is 0. The molecule has 1 aromatic heterocycles. The van der Waals surface area contributed by atoms with Crippen LogP contribution in [0, 0.1) is 0 Å². The van der Waals surface area contributed by atoms with E-state index in [4.69, 9.17) is 0 Å². The van der Waals surface area contributed by atoms with E-state index >= 15 is 0 Å². The van der Waals surface area contributed by atoms with Crippen molar-refractivity contribution in [1.82, 2.24) is 9.78 Å². The van der Waals surface area contributed by atoms with E-state index in [1.54, 1.807) is 6.92 Å². The quantitative estimate of drug-likeness (QED) is 0.618. The molecule has 0 unspecified atom stereocenters. The molecule has 0 fully saturated rings. The number of nitrogens with zero attached hydrogens (tertiary/aromatic N) is 2. The first-order valence-corrected chi connectivity index (χ1v) is 5.53. The lowest BCUT2D eigenvalue weighted by Crippen LogP contribution is -2.38. The summed E-state index contributed by atoms with van der Waals surface area (Å²) in [6, 6.07) is 0. The largest absolute Gasteiger partial charge is 0.370 e. The molecule has 0 aliphatic rings. The van der Waals surface area contributed by atoms with Crippen LogP contribution in [0.4, 0.5) is 17.6 Å². The Hall–Kier alpha value is -0.920. The maximum atomic E-state index is 12.9. The van der Waals surface area contributed by atoms with Crippen molar-refractivity contribution in [3.8, 4) is 0 Å². The van der Waals surface area contributed by atoms with Gasteiger partial charge in [0.25, 0.3) is 5.78 Å². The van der Waals surface area contributed by atoms with Gasteiger partial charge in [-0.3, -0.25) is 9.48 Å². The number of rotatable bonds is 5. The number of aromatic nitrogens is 2. The normalized spacial score (nSPS) is 12.2. The molecule has 0 amide bonds. The third-order valence-corrected chi connectivity index (χ3v) is 2.60. The van der Waals surface area contributed by atoms with Gasteiger partial charge in [-0.1, -0.05) is 6.92 Å². The van der Waals surface area contributed by atoms with Crippen LogP contribution in [0.3, 0.4) is 0 Å². The molecule has 0 atom stereocenters. The predicted octanol–water partition coefficient (Wildman–Crippen LogP) is 3.14. The van der Waals surface area contributed by atoms with Crippen molar-refractivity contribution < 1.29 is 22.4 Å². The van der Waals surface area contributed by atoms with Gasteiger partial charge in [-0.05, 0) is 22.4 Å². The minimum Gasteiger partial charge on any atom is -0.285 e. The second-order valence-electron chi connectivity index (χ2n) is 3.32. The zero-order valence-electron chi connectivity index (χ0n) is 8.76. The van der Waals surface area contributed by atoms with Crippen molar-refractivity contribution >= 4 is 21.7 Å². The maximum absolute atomic E-state index is 12.9. The summed E-state index contributed by atoms with van der Waals surface area (Å²) in [5.41, 5.74) is -0.530. The Labute approximate surface area is 103 Å². The molecule has 0 bridgehead atoms. The summed E-state index contributed by atoms with van der Waals surface area (Å²) in [5.74, 6) is -6.63. The van der Waals surface area contributed by atoms with Crippen molar-refractivity contribution in [3.63, 3.8) is 0 Å². The van der Waals surface area contributed by atoms with Crippen LogP contribution in [-0.4, -0.2) is 27.9 Å². The van der Waals surface area contributed by atoms with Crippen LogP contribution in [-0.2, 0) is 6.54 Å². The average Bonchev–Trinajstić information content (AvgIpc) is 2.59. The first-order valence-electron chi connectivity index (χ1n) is 4.74. The minimum absolute atomic E-state index is 0.0173. The van der Waals surface area contributed by atoms with Gasteiger partial charge < -0.3 is 0 Å². The molecule has 1 rings (SSSR count). The molecule has 0 spiro atoms. The fraction of sp³-hybridized carbons (Fsp3) is 0.556. The molecule has 0 saturated heterocycles. The number of hydrogen-bond acceptors (Lipinski definition) is 2. The Balaban J connectivity index is 3.15. The fourth-order valence-corrected chi connectivity index (χ4v) is 1.70. The van der Waals surface area contributed by atoms with Crippen molar-refractivity contribution in [2.75, 3.05) is 0 Å². The van der Waals surface area contributed by atoms with Gasteiger partial charge in [0, 0.05) is 6.54 Å². The number of aryl methyl sites for hydroxylation is 1. The van der Waals surface area contributed by atoms with Crippen LogP contribution < -0.4 is 0 Å². The molecule has 0 N–H and O–H groups in total. The third-order valence-electron chi connectivity index (χ3n) is 2.02. The molecule has 0 aliphatic heterocycles. The van der Waals surface area contributed by atoms with E-state index in [0.717, 1.165) is 10.9 Å². The Morgan fingerprint density at radius 2 is 2.18 bits per heavy atom. The number of carbonyl (C=O) groups excluding carboxylic acids is 1. The Morgan fingerprint density at radius 3 is 2.65 bits per heavy atom. The summed E-state index contributed by atoms with van der Waals surface area (Å²) in [6.45, 7) is 1.95. The average molecular weight is 317 g/mol. The van der Waals surface area contributed by atoms with Crippen LogP contribution >= 0.6 is 15.9 Å². The van der Waals surface area contributed by atoms with Crippen LogP contribution in [0.15, 0.2) is 10.7 Å². The Morgan fingerprint density at radius 1 is 1.59 bits per heavy atom. The van der Waals surface area contributed by atoms with Gasteiger partial charge in [0.05, 0.1) is 10.7 Å². The highest BCUT2D eigenvalue weighted by molar-refractivity contribution is 9.10. The molecular formula is C9H9BrF4N2O. The molecule has 17 heavy (non-hydrogen) atoms. The van der Waals surface area contributed by atoms with Gasteiger partial charge in [0.1, 0.15) is 5.69 Å². The van der Waals surface area contributed by atoms with Gasteiger partial charge in [-0.2, -0.15) is 13.9 Å². The highest BCUT2D eigenvalue weighted by atomic mass is 79.9. The summed E-state index contributed by atoms with van der Waals surface area (Å²) in [4.78, 5) is 11.4. The van der Waals surface area contributed by atoms with Crippen molar-refractivity contribution in [2.45, 2.75) is 32.2 Å². The number of hydrogen-bond donors (Lipinski definition) is 0. The van der Waals surface area contributed by atoms with E-state index in [1.165, 1.54) is 0 Å². The van der Waals surface area contributed by atoms with Gasteiger partial charge >= 0.3 is 12.3 Å². The van der Waals surface area contributed by atoms with E-state index in [1.807, 2.05) is 0 Å². The van der Waals surface area contributed by atoms with Gasteiger partial charge in [0.15, 0.2) is 0 Å². The molecule has 96 valence electrons. The summed E-state index contributed by atoms with van der Waals surface area (Å²) in [6.07, 6.45) is -2.37. The van der Waals surface area contributed by atoms with E-state index < -0.39 is 23.8 Å². The molecular weight excluding hydrogens is 308 g/mol. The first-order chi connectivity index (χ1) is 7.82. The summed E-state index contributed by atoms with van der Waals surface area (Å²) < 4.78 is 51.0. The van der Waals surface area contributed by atoms with Crippen LogP contribution in [0.25, 0.3) is 0 Å². The molecule has 0 aromatic carbocycles. The molecule has 1 aromatic rings.